The maximum Gasteiger partial charge on any atom is 0.573 e. The third-order valence-corrected chi connectivity index (χ3v) is 3.74. The molecule has 132 valence electrons. The largest absolute Gasteiger partial charge is 0.573 e. The van der Waals surface area contributed by atoms with E-state index in [9.17, 15) is 27.2 Å². The molecule has 0 bridgehead atoms. The van der Waals surface area contributed by atoms with Gasteiger partial charge in [-0.1, -0.05) is 12.1 Å². The monoisotopic (exact) mass is 349 g/mol. The molecule has 24 heavy (non-hydrogen) atoms. The van der Waals surface area contributed by atoms with Gasteiger partial charge in [-0.15, -0.1) is 13.2 Å². The smallest absolute Gasteiger partial charge is 0.479 e. The lowest BCUT2D eigenvalue weighted by molar-refractivity contribution is -0.274. The Hall–Kier alpha value is -2.32. The summed E-state index contributed by atoms with van der Waals surface area (Å²) in [6, 6.07) is 5.07. The number of alkyl halides is 4. The van der Waals surface area contributed by atoms with Crippen molar-refractivity contribution >= 4 is 11.9 Å². The molecule has 1 unspecified atom stereocenters. The standard InChI is InChI=1S/C15H15F4NO4/c16-14(13(22)23)7-8-20(9-14)12(21)6-3-10-1-4-11(5-2-10)24-15(17,18)19/h1-2,4-5H,3,6-9H2,(H,22,23). The normalized spacial score (nSPS) is 20.9. The fourth-order valence-corrected chi connectivity index (χ4v) is 2.43. The predicted molar refractivity (Wildman–Crippen MR) is 74.1 cm³/mol. The minimum atomic E-state index is -4.77. The fraction of sp³-hybridized carbons (Fsp3) is 0.467. The van der Waals surface area contributed by atoms with E-state index in [1.807, 2.05) is 0 Å². The average molecular weight is 349 g/mol. The van der Waals surface area contributed by atoms with Crippen molar-refractivity contribution < 1.29 is 37.0 Å². The summed E-state index contributed by atoms with van der Waals surface area (Å²) in [6.45, 7) is -0.459. The van der Waals surface area contributed by atoms with Crippen LogP contribution >= 0.6 is 0 Å². The van der Waals surface area contributed by atoms with Gasteiger partial charge >= 0.3 is 12.3 Å². The molecule has 1 aliphatic rings. The van der Waals surface area contributed by atoms with Crippen LogP contribution in [0, 0.1) is 0 Å². The number of hydrogen-bond acceptors (Lipinski definition) is 3. The van der Waals surface area contributed by atoms with Gasteiger partial charge < -0.3 is 14.7 Å². The van der Waals surface area contributed by atoms with Gasteiger partial charge in [-0.3, -0.25) is 4.79 Å². The molecule has 0 spiro atoms. The van der Waals surface area contributed by atoms with Crippen molar-refractivity contribution in [3.63, 3.8) is 0 Å². The predicted octanol–water partition coefficient (Wildman–Crippen LogP) is 2.54. The number of aryl methyl sites for hydroxylation is 1. The summed E-state index contributed by atoms with van der Waals surface area (Å²) in [5.74, 6) is -2.34. The first kappa shape index (κ1) is 18.0. The third kappa shape index (κ3) is 4.59. The van der Waals surface area contributed by atoms with Crippen molar-refractivity contribution in [3.05, 3.63) is 29.8 Å². The second-order valence-corrected chi connectivity index (χ2v) is 5.53. The van der Waals surface area contributed by atoms with Gasteiger partial charge in [0.05, 0.1) is 6.54 Å². The zero-order valence-corrected chi connectivity index (χ0v) is 12.5. The molecule has 5 nitrogen and oxygen atoms in total. The molecule has 1 aromatic rings. The highest BCUT2D eigenvalue weighted by Gasteiger charge is 2.46. The van der Waals surface area contributed by atoms with Gasteiger partial charge in [0.1, 0.15) is 5.75 Å². The van der Waals surface area contributed by atoms with E-state index in [0.717, 1.165) is 17.0 Å². The van der Waals surface area contributed by atoms with E-state index >= 15 is 0 Å². The van der Waals surface area contributed by atoms with Gasteiger partial charge in [0.2, 0.25) is 11.6 Å². The van der Waals surface area contributed by atoms with E-state index in [1.165, 1.54) is 12.1 Å². The van der Waals surface area contributed by atoms with Gasteiger partial charge in [-0.2, -0.15) is 0 Å². The van der Waals surface area contributed by atoms with Crippen LogP contribution in [0.25, 0.3) is 0 Å². The number of carboxylic acid groups (broad SMARTS) is 1. The second-order valence-electron chi connectivity index (χ2n) is 5.53. The lowest BCUT2D eigenvalue weighted by Gasteiger charge is -2.17. The van der Waals surface area contributed by atoms with Crippen LogP contribution in [0.4, 0.5) is 17.6 Å². The van der Waals surface area contributed by atoms with Gasteiger partial charge in [0.15, 0.2) is 0 Å². The number of benzene rings is 1. The highest BCUT2D eigenvalue weighted by Crippen LogP contribution is 2.27. The molecule has 1 N–H and O–H groups in total. The van der Waals surface area contributed by atoms with Crippen molar-refractivity contribution in [3.8, 4) is 5.75 Å². The van der Waals surface area contributed by atoms with Crippen molar-refractivity contribution in [2.24, 2.45) is 0 Å². The Morgan fingerprint density at radius 3 is 2.38 bits per heavy atom. The molecule has 2 rings (SSSR count). The number of halogens is 4. The Balaban J connectivity index is 1.85. The van der Waals surface area contributed by atoms with Crippen LogP contribution in [-0.4, -0.2) is 47.0 Å². The number of nitrogens with zero attached hydrogens (tertiary/aromatic N) is 1. The molecule has 1 fully saturated rings. The fourth-order valence-electron chi connectivity index (χ4n) is 2.43. The number of rotatable bonds is 5. The first-order chi connectivity index (χ1) is 11.1. The molecular formula is C15H15F4NO4. The summed E-state index contributed by atoms with van der Waals surface area (Å²) >= 11 is 0. The molecule has 0 radical (unpaired) electrons. The van der Waals surface area contributed by atoms with E-state index in [4.69, 9.17) is 5.11 Å². The Kier molecular flexibility index (Phi) is 5.00. The number of carboxylic acids is 1. The maximum absolute atomic E-state index is 13.9. The summed E-state index contributed by atoms with van der Waals surface area (Å²) in [7, 11) is 0. The number of hydrogen-bond donors (Lipinski definition) is 1. The van der Waals surface area contributed by atoms with E-state index in [0.29, 0.717) is 5.56 Å². The molecule has 1 amide bonds. The van der Waals surface area contributed by atoms with E-state index in [1.54, 1.807) is 0 Å². The molecule has 0 aromatic heterocycles. The highest BCUT2D eigenvalue weighted by molar-refractivity contribution is 5.82. The number of amides is 1. The molecule has 9 heteroatoms. The summed E-state index contributed by atoms with van der Waals surface area (Å²) in [5.41, 5.74) is -1.80. The summed E-state index contributed by atoms with van der Waals surface area (Å²) < 4.78 is 53.8. The van der Waals surface area contributed by atoms with Crippen LogP contribution in [0.15, 0.2) is 24.3 Å². The van der Waals surface area contributed by atoms with Crippen LogP contribution < -0.4 is 4.74 Å². The van der Waals surface area contributed by atoms with Gasteiger partial charge in [0, 0.05) is 19.4 Å². The van der Waals surface area contributed by atoms with E-state index in [-0.39, 0.29) is 31.6 Å². The Labute approximate surface area is 134 Å². The van der Waals surface area contributed by atoms with E-state index in [2.05, 4.69) is 4.74 Å². The first-order valence-corrected chi connectivity index (χ1v) is 7.14. The quantitative estimate of drug-likeness (QED) is 0.830. The lowest BCUT2D eigenvalue weighted by atomic mass is 10.1. The Morgan fingerprint density at radius 2 is 1.88 bits per heavy atom. The van der Waals surface area contributed by atoms with Crippen LogP contribution in [0.3, 0.4) is 0 Å². The van der Waals surface area contributed by atoms with Crippen LogP contribution in [0.1, 0.15) is 18.4 Å². The molecule has 1 aromatic carbocycles. The molecule has 0 saturated carbocycles. The average Bonchev–Trinajstić information content (AvgIpc) is 2.89. The van der Waals surface area contributed by atoms with Crippen molar-refractivity contribution in [1.29, 1.82) is 0 Å². The lowest BCUT2D eigenvalue weighted by Crippen LogP contribution is -2.38. The maximum atomic E-state index is 13.9. The van der Waals surface area contributed by atoms with Crippen molar-refractivity contribution in [1.82, 2.24) is 4.90 Å². The number of carbonyl (C=O) groups excluding carboxylic acids is 1. The topological polar surface area (TPSA) is 66.8 Å². The van der Waals surface area contributed by atoms with Gasteiger partial charge in [-0.25, -0.2) is 9.18 Å². The second kappa shape index (κ2) is 6.66. The molecule has 1 heterocycles. The summed E-state index contributed by atoms with van der Waals surface area (Å²) in [5, 5.41) is 8.78. The third-order valence-electron chi connectivity index (χ3n) is 3.74. The van der Waals surface area contributed by atoms with Crippen LogP contribution in [0.5, 0.6) is 5.75 Å². The number of aliphatic carboxylic acids is 1. The van der Waals surface area contributed by atoms with Crippen LogP contribution in [-0.2, 0) is 16.0 Å². The van der Waals surface area contributed by atoms with Gasteiger partial charge in [0.25, 0.3) is 0 Å². The zero-order valence-electron chi connectivity index (χ0n) is 12.5. The van der Waals surface area contributed by atoms with Crippen LogP contribution in [0.2, 0.25) is 0 Å². The number of likely N-dealkylation sites (tertiary alicyclic amines) is 1. The zero-order chi connectivity index (χ0) is 18.0. The van der Waals surface area contributed by atoms with Crippen molar-refractivity contribution in [2.45, 2.75) is 31.3 Å². The number of carbonyl (C=O) groups is 2. The minimum Gasteiger partial charge on any atom is -0.479 e. The minimum absolute atomic E-state index is 0.00910. The molecule has 0 aliphatic carbocycles. The summed E-state index contributed by atoms with van der Waals surface area (Å²) in [4.78, 5) is 23.9. The SMILES string of the molecule is O=C(CCc1ccc(OC(F)(F)F)cc1)N1CCC(F)(C(=O)O)C1. The molecule has 1 saturated heterocycles. The first-order valence-electron chi connectivity index (χ1n) is 7.14. The summed E-state index contributed by atoms with van der Waals surface area (Å²) in [6.07, 6.45) is -4.77. The van der Waals surface area contributed by atoms with E-state index < -0.39 is 30.5 Å². The Bertz CT molecular complexity index is 617. The Morgan fingerprint density at radius 1 is 1.25 bits per heavy atom. The molecule has 1 aliphatic heterocycles. The molecular weight excluding hydrogens is 334 g/mol. The molecule has 1 atom stereocenters. The van der Waals surface area contributed by atoms with Crippen molar-refractivity contribution in [2.75, 3.05) is 13.1 Å². The highest BCUT2D eigenvalue weighted by atomic mass is 19.4. The number of ether oxygens (including phenoxy) is 1. The van der Waals surface area contributed by atoms with Gasteiger partial charge in [-0.05, 0) is 24.1 Å².